The van der Waals surface area contributed by atoms with Crippen LogP contribution in [0.1, 0.15) is 27.2 Å². The lowest BCUT2D eigenvalue weighted by Crippen LogP contribution is -2.34. The van der Waals surface area contributed by atoms with E-state index in [0.29, 0.717) is 5.69 Å². The van der Waals surface area contributed by atoms with Crippen LogP contribution in [0.3, 0.4) is 0 Å². The number of halogens is 1. The van der Waals surface area contributed by atoms with Crippen molar-refractivity contribution in [2.24, 2.45) is 0 Å². The van der Waals surface area contributed by atoms with E-state index in [2.05, 4.69) is 10.6 Å². The highest BCUT2D eigenvalue weighted by Gasteiger charge is 2.15. The molecule has 0 saturated carbocycles. The van der Waals surface area contributed by atoms with E-state index in [0.717, 1.165) is 0 Å². The number of rotatable bonds is 4. The van der Waals surface area contributed by atoms with Gasteiger partial charge in [-0.1, -0.05) is 6.07 Å². The van der Waals surface area contributed by atoms with Gasteiger partial charge >= 0.3 is 6.09 Å². The zero-order valence-corrected chi connectivity index (χ0v) is 11.8. The van der Waals surface area contributed by atoms with Crippen LogP contribution in [0.25, 0.3) is 0 Å². The van der Waals surface area contributed by atoms with Gasteiger partial charge in [0.15, 0.2) is 0 Å². The molecule has 20 heavy (non-hydrogen) atoms. The van der Waals surface area contributed by atoms with E-state index >= 15 is 0 Å². The Bertz CT molecular complexity index is 484. The third kappa shape index (κ3) is 6.72. The van der Waals surface area contributed by atoms with E-state index in [4.69, 9.17) is 4.74 Å². The van der Waals surface area contributed by atoms with Crippen LogP contribution in [-0.2, 0) is 9.53 Å². The summed E-state index contributed by atoms with van der Waals surface area (Å²) in [5, 5.41) is 5.00. The number of carbonyl (C=O) groups is 2. The van der Waals surface area contributed by atoms with Crippen molar-refractivity contribution in [3.63, 3.8) is 0 Å². The molecule has 2 amide bonds. The standard InChI is InChI=1S/C14H19FN2O3/c1-14(2,3)20-13(19)16-8-7-12(18)17-11-6-4-5-10(15)9-11/h4-6,9H,7-8H2,1-3H3,(H,16,19)(H,17,18). The zero-order valence-electron chi connectivity index (χ0n) is 11.8. The van der Waals surface area contributed by atoms with Gasteiger partial charge in [-0.3, -0.25) is 4.79 Å². The molecule has 0 bridgehead atoms. The largest absolute Gasteiger partial charge is 0.444 e. The van der Waals surface area contributed by atoms with Crippen molar-refractivity contribution >= 4 is 17.7 Å². The summed E-state index contributed by atoms with van der Waals surface area (Å²) in [5.41, 5.74) is -0.194. The Morgan fingerprint density at radius 3 is 2.60 bits per heavy atom. The summed E-state index contributed by atoms with van der Waals surface area (Å²) in [4.78, 5) is 22.9. The Labute approximate surface area is 117 Å². The minimum Gasteiger partial charge on any atom is -0.444 e. The molecule has 110 valence electrons. The van der Waals surface area contributed by atoms with E-state index in [9.17, 15) is 14.0 Å². The maximum absolute atomic E-state index is 12.9. The first-order valence-electron chi connectivity index (χ1n) is 6.28. The van der Waals surface area contributed by atoms with Gasteiger partial charge in [-0.25, -0.2) is 9.18 Å². The summed E-state index contributed by atoms with van der Waals surface area (Å²) in [6, 6.07) is 5.60. The molecule has 0 heterocycles. The van der Waals surface area contributed by atoms with Gasteiger partial charge in [0.1, 0.15) is 11.4 Å². The monoisotopic (exact) mass is 282 g/mol. The topological polar surface area (TPSA) is 67.4 Å². The lowest BCUT2D eigenvalue weighted by Gasteiger charge is -2.19. The van der Waals surface area contributed by atoms with E-state index in [1.165, 1.54) is 18.2 Å². The molecule has 0 atom stereocenters. The van der Waals surface area contributed by atoms with Gasteiger partial charge in [-0.2, -0.15) is 0 Å². The van der Waals surface area contributed by atoms with Crippen molar-refractivity contribution in [1.82, 2.24) is 5.32 Å². The van der Waals surface area contributed by atoms with Crippen LogP contribution in [0.4, 0.5) is 14.9 Å². The van der Waals surface area contributed by atoms with Gasteiger partial charge in [0.05, 0.1) is 0 Å². The van der Waals surface area contributed by atoms with Crippen LogP contribution in [0.5, 0.6) is 0 Å². The average Bonchev–Trinajstić information content (AvgIpc) is 2.26. The van der Waals surface area contributed by atoms with Crippen LogP contribution in [0.15, 0.2) is 24.3 Å². The summed E-state index contributed by atoms with van der Waals surface area (Å²) >= 11 is 0. The van der Waals surface area contributed by atoms with Gasteiger partial charge in [0.2, 0.25) is 5.91 Å². The third-order valence-corrected chi connectivity index (χ3v) is 2.13. The fraction of sp³-hybridized carbons (Fsp3) is 0.429. The summed E-state index contributed by atoms with van der Waals surface area (Å²) in [6.07, 6.45) is -0.494. The molecule has 0 radical (unpaired) electrons. The maximum Gasteiger partial charge on any atom is 0.407 e. The Morgan fingerprint density at radius 2 is 2.00 bits per heavy atom. The second-order valence-electron chi connectivity index (χ2n) is 5.24. The number of anilines is 1. The van der Waals surface area contributed by atoms with Gasteiger partial charge in [-0.05, 0) is 39.0 Å². The molecule has 2 N–H and O–H groups in total. The quantitative estimate of drug-likeness (QED) is 0.892. The number of amides is 2. The first kappa shape index (κ1) is 15.9. The Morgan fingerprint density at radius 1 is 1.30 bits per heavy atom. The maximum atomic E-state index is 12.9. The number of ether oxygens (including phenoxy) is 1. The van der Waals surface area contributed by atoms with Crippen LogP contribution < -0.4 is 10.6 Å². The Kier molecular flexibility index (Phi) is 5.49. The minimum absolute atomic E-state index is 0.0791. The molecule has 1 aromatic carbocycles. The Balaban J connectivity index is 2.29. The van der Waals surface area contributed by atoms with Crippen LogP contribution in [0.2, 0.25) is 0 Å². The van der Waals surface area contributed by atoms with Crippen molar-refractivity contribution in [3.05, 3.63) is 30.1 Å². The molecule has 0 aromatic heterocycles. The van der Waals surface area contributed by atoms with Crippen molar-refractivity contribution in [2.75, 3.05) is 11.9 Å². The zero-order chi connectivity index (χ0) is 15.2. The normalized spacial score (nSPS) is 10.8. The summed E-state index contributed by atoms with van der Waals surface area (Å²) in [7, 11) is 0. The second kappa shape index (κ2) is 6.88. The number of hydrogen-bond donors (Lipinski definition) is 2. The van der Waals surface area contributed by atoms with E-state index in [1.54, 1.807) is 26.8 Å². The minimum atomic E-state index is -0.575. The van der Waals surface area contributed by atoms with Crippen LogP contribution >= 0.6 is 0 Å². The van der Waals surface area contributed by atoms with Crippen molar-refractivity contribution in [1.29, 1.82) is 0 Å². The molecular weight excluding hydrogens is 263 g/mol. The lowest BCUT2D eigenvalue weighted by atomic mass is 10.2. The molecular formula is C14H19FN2O3. The van der Waals surface area contributed by atoms with E-state index in [1.807, 2.05) is 0 Å². The van der Waals surface area contributed by atoms with Gasteiger partial charge in [0.25, 0.3) is 0 Å². The predicted molar refractivity (Wildman–Crippen MR) is 73.9 cm³/mol. The van der Waals surface area contributed by atoms with Crippen LogP contribution in [0, 0.1) is 5.82 Å². The fourth-order valence-corrected chi connectivity index (χ4v) is 1.38. The predicted octanol–water partition coefficient (Wildman–Crippen LogP) is 2.68. The van der Waals surface area contributed by atoms with Gasteiger partial charge in [-0.15, -0.1) is 0 Å². The molecule has 0 unspecified atom stereocenters. The van der Waals surface area contributed by atoms with Crippen molar-refractivity contribution in [2.45, 2.75) is 32.8 Å². The van der Waals surface area contributed by atoms with Gasteiger partial charge in [0, 0.05) is 18.7 Å². The molecule has 0 aliphatic carbocycles. The number of benzene rings is 1. The lowest BCUT2D eigenvalue weighted by molar-refractivity contribution is -0.116. The smallest absolute Gasteiger partial charge is 0.407 e. The fourth-order valence-electron chi connectivity index (χ4n) is 1.38. The molecule has 0 saturated heterocycles. The second-order valence-corrected chi connectivity index (χ2v) is 5.24. The summed E-state index contributed by atoms with van der Waals surface area (Å²) in [6.45, 7) is 5.41. The third-order valence-electron chi connectivity index (χ3n) is 2.13. The summed E-state index contributed by atoms with van der Waals surface area (Å²) < 4.78 is 17.9. The first-order valence-corrected chi connectivity index (χ1v) is 6.28. The van der Waals surface area contributed by atoms with E-state index < -0.39 is 17.5 Å². The molecule has 0 aliphatic heterocycles. The summed E-state index contributed by atoms with van der Waals surface area (Å²) in [5.74, 6) is -0.735. The number of nitrogens with one attached hydrogen (secondary N) is 2. The highest BCUT2D eigenvalue weighted by atomic mass is 19.1. The van der Waals surface area contributed by atoms with Crippen LogP contribution in [-0.4, -0.2) is 24.1 Å². The SMILES string of the molecule is CC(C)(C)OC(=O)NCCC(=O)Nc1cccc(F)c1. The van der Waals surface area contributed by atoms with E-state index in [-0.39, 0.29) is 18.9 Å². The molecule has 0 aliphatic rings. The molecule has 0 fully saturated rings. The molecule has 0 spiro atoms. The molecule has 1 aromatic rings. The van der Waals surface area contributed by atoms with Crippen molar-refractivity contribution in [3.8, 4) is 0 Å². The number of alkyl carbamates (subject to hydrolysis) is 1. The highest BCUT2D eigenvalue weighted by Crippen LogP contribution is 2.09. The average molecular weight is 282 g/mol. The Hall–Kier alpha value is -2.11. The number of hydrogen-bond acceptors (Lipinski definition) is 3. The van der Waals surface area contributed by atoms with Crippen molar-refractivity contribution < 1.29 is 18.7 Å². The molecule has 5 nitrogen and oxygen atoms in total. The molecule has 6 heteroatoms. The number of carbonyl (C=O) groups excluding carboxylic acids is 2. The highest BCUT2D eigenvalue weighted by molar-refractivity contribution is 5.91. The van der Waals surface area contributed by atoms with Gasteiger partial charge < -0.3 is 15.4 Å². The first-order chi connectivity index (χ1) is 9.26. The molecule has 1 rings (SSSR count).